The van der Waals surface area contributed by atoms with Crippen LogP contribution in [0, 0.1) is 0 Å². The van der Waals surface area contributed by atoms with Crippen molar-refractivity contribution in [3.8, 4) is 0 Å². The number of benzene rings is 1. The molecule has 19 heavy (non-hydrogen) atoms. The molecule has 5 heteroatoms. The molecule has 0 aliphatic carbocycles. The molecule has 3 N–H and O–H groups in total. The van der Waals surface area contributed by atoms with Gasteiger partial charge in [0.25, 0.3) is 0 Å². The Bertz CT molecular complexity index is 445. The van der Waals surface area contributed by atoms with Gasteiger partial charge >= 0.3 is 5.97 Å². The van der Waals surface area contributed by atoms with Gasteiger partial charge in [0.1, 0.15) is 0 Å². The molecule has 2 rings (SSSR count). The molecule has 1 aromatic carbocycles. The van der Waals surface area contributed by atoms with E-state index >= 15 is 0 Å². The first-order valence-electron chi connectivity index (χ1n) is 6.63. The largest absolute Gasteiger partial charge is 0.462 e. The quantitative estimate of drug-likeness (QED) is 0.641. The van der Waals surface area contributed by atoms with E-state index in [2.05, 4.69) is 5.32 Å². The fourth-order valence-electron chi connectivity index (χ4n) is 2.09. The van der Waals surface area contributed by atoms with Crippen LogP contribution in [0.5, 0.6) is 0 Å². The number of hydrogen-bond donors (Lipinski definition) is 2. The summed E-state index contributed by atoms with van der Waals surface area (Å²) in [5.41, 5.74) is 7.94. The van der Waals surface area contributed by atoms with E-state index < -0.39 is 0 Å². The lowest BCUT2D eigenvalue weighted by molar-refractivity contribution is 0.0526. The van der Waals surface area contributed by atoms with Crippen LogP contribution in [0.25, 0.3) is 0 Å². The molecule has 1 saturated heterocycles. The van der Waals surface area contributed by atoms with Crippen LogP contribution in [0.1, 0.15) is 30.1 Å². The zero-order valence-electron chi connectivity index (χ0n) is 11.1. The number of hydrogen-bond acceptors (Lipinski definition) is 5. The topological polar surface area (TPSA) is 64.3 Å². The summed E-state index contributed by atoms with van der Waals surface area (Å²) in [6.07, 6.45) is 2.56. The number of ether oxygens (including phenoxy) is 1. The molecule has 0 bridgehead atoms. The Hall–Kier alpha value is -1.36. The van der Waals surface area contributed by atoms with Gasteiger partial charge in [0.15, 0.2) is 0 Å². The van der Waals surface area contributed by atoms with E-state index in [0.717, 1.165) is 12.2 Å². The van der Waals surface area contributed by atoms with Gasteiger partial charge in [0.2, 0.25) is 0 Å². The normalized spacial score (nSPS) is 18.3. The lowest BCUT2D eigenvalue weighted by atomic mass is 10.1. The zero-order chi connectivity index (χ0) is 13.7. The van der Waals surface area contributed by atoms with E-state index in [0.29, 0.717) is 23.1 Å². The zero-order valence-corrected chi connectivity index (χ0v) is 12.0. The second-order valence-corrected chi connectivity index (χ2v) is 5.95. The number of nitrogens with one attached hydrogen (secondary N) is 1. The molecular formula is C14H20N2O2S. The lowest BCUT2D eigenvalue weighted by Crippen LogP contribution is -2.15. The molecule has 1 heterocycles. The first-order chi connectivity index (χ1) is 9.20. The highest BCUT2D eigenvalue weighted by Gasteiger charge is 2.15. The van der Waals surface area contributed by atoms with Gasteiger partial charge in [-0.15, -0.1) is 0 Å². The first kappa shape index (κ1) is 14.1. The highest BCUT2D eigenvalue weighted by atomic mass is 32.2. The molecule has 0 saturated carbocycles. The fraction of sp³-hybridized carbons (Fsp3) is 0.500. The summed E-state index contributed by atoms with van der Waals surface area (Å²) in [6.45, 7) is 3.09. The Balaban J connectivity index is 1.96. The highest BCUT2D eigenvalue weighted by molar-refractivity contribution is 8.00. The average Bonchev–Trinajstić information content (AvgIpc) is 2.90. The molecule has 1 aliphatic rings. The Labute approximate surface area is 118 Å². The number of carbonyl (C=O) groups is 1. The van der Waals surface area contributed by atoms with E-state index in [1.807, 2.05) is 17.8 Å². The van der Waals surface area contributed by atoms with Crippen LogP contribution in [0.2, 0.25) is 0 Å². The van der Waals surface area contributed by atoms with Gasteiger partial charge in [-0.1, -0.05) is 0 Å². The number of thioether (sulfide) groups is 1. The maximum Gasteiger partial charge on any atom is 0.338 e. The van der Waals surface area contributed by atoms with E-state index in [9.17, 15) is 4.79 Å². The summed E-state index contributed by atoms with van der Waals surface area (Å²) in [4.78, 5) is 11.6. The minimum Gasteiger partial charge on any atom is -0.462 e. The average molecular weight is 280 g/mol. The molecule has 0 amide bonds. The summed E-state index contributed by atoms with van der Waals surface area (Å²) >= 11 is 2.00. The van der Waals surface area contributed by atoms with Crippen LogP contribution in [0.3, 0.4) is 0 Å². The van der Waals surface area contributed by atoms with Crippen molar-refractivity contribution < 1.29 is 9.53 Å². The molecule has 1 unspecified atom stereocenters. The predicted molar refractivity (Wildman–Crippen MR) is 80.8 cm³/mol. The molecule has 1 aliphatic heterocycles. The first-order valence-corrected chi connectivity index (χ1v) is 7.67. The Morgan fingerprint density at radius 3 is 3.05 bits per heavy atom. The second kappa shape index (κ2) is 6.70. The van der Waals surface area contributed by atoms with E-state index in [-0.39, 0.29) is 5.97 Å². The minimum absolute atomic E-state index is 0.327. The van der Waals surface area contributed by atoms with Crippen molar-refractivity contribution in [2.75, 3.05) is 30.0 Å². The number of nitrogens with two attached hydrogens (primary N) is 1. The summed E-state index contributed by atoms with van der Waals surface area (Å²) in [6, 6.07) is 5.27. The van der Waals surface area contributed by atoms with E-state index in [4.69, 9.17) is 10.5 Å². The van der Waals surface area contributed by atoms with Crippen LogP contribution < -0.4 is 11.1 Å². The van der Waals surface area contributed by atoms with Crippen LogP contribution >= 0.6 is 11.8 Å². The SMILES string of the molecule is CCOC(=O)c1ccc(NCC2CCCS2)c(N)c1. The number of esters is 1. The van der Waals surface area contributed by atoms with Crippen LogP contribution in [0.4, 0.5) is 11.4 Å². The van der Waals surface area contributed by atoms with E-state index in [1.54, 1.807) is 19.1 Å². The molecule has 1 atom stereocenters. The van der Waals surface area contributed by atoms with Gasteiger partial charge in [-0.2, -0.15) is 11.8 Å². The van der Waals surface area contributed by atoms with Gasteiger partial charge in [0, 0.05) is 11.8 Å². The molecular weight excluding hydrogens is 260 g/mol. The predicted octanol–water partition coefficient (Wildman–Crippen LogP) is 2.75. The number of nitrogen functional groups attached to an aromatic ring is 1. The molecule has 4 nitrogen and oxygen atoms in total. The van der Waals surface area contributed by atoms with E-state index in [1.165, 1.54) is 18.6 Å². The van der Waals surface area contributed by atoms with Crippen molar-refractivity contribution in [3.63, 3.8) is 0 Å². The smallest absolute Gasteiger partial charge is 0.338 e. The molecule has 1 fully saturated rings. The van der Waals surface area contributed by atoms with Gasteiger partial charge in [-0.25, -0.2) is 4.79 Å². The van der Waals surface area contributed by atoms with Crippen LogP contribution in [0.15, 0.2) is 18.2 Å². The molecule has 0 aromatic heterocycles. The molecule has 0 radical (unpaired) electrons. The van der Waals surface area contributed by atoms with Gasteiger partial charge in [0.05, 0.1) is 23.5 Å². The summed E-state index contributed by atoms with van der Waals surface area (Å²) in [7, 11) is 0. The number of rotatable bonds is 5. The van der Waals surface area contributed by atoms with Gasteiger partial charge in [-0.3, -0.25) is 0 Å². The maximum absolute atomic E-state index is 11.6. The summed E-state index contributed by atoms with van der Waals surface area (Å²) in [5.74, 6) is 0.927. The highest BCUT2D eigenvalue weighted by Crippen LogP contribution is 2.27. The van der Waals surface area contributed by atoms with Crippen molar-refractivity contribution in [1.82, 2.24) is 0 Å². The second-order valence-electron chi connectivity index (χ2n) is 4.54. The van der Waals surface area contributed by atoms with Gasteiger partial charge in [-0.05, 0) is 43.7 Å². The molecule has 104 valence electrons. The molecule has 0 spiro atoms. The maximum atomic E-state index is 11.6. The van der Waals surface area contributed by atoms with Crippen LogP contribution in [-0.2, 0) is 4.74 Å². The Morgan fingerprint density at radius 2 is 2.42 bits per heavy atom. The standard InChI is InChI=1S/C14H20N2O2S/c1-2-18-14(17)10-5-6-13(12(15)8-10)16-9-11-4-3-7-19-11/h5-6,8,11,16H,2-4,7,9,15H2,1H3. The minimum atomic E-state index is -0.327. The molecule has 1 aromatic rings. The lowest BCUT2D eigenvalue weighted by Gasteiger charge is -2.13. The third-order valence-corrected chi connectivity index (χ3v) is 4.51. The third-order valence-electron chi connectivity index (χ3n) is 3.11. The van der Waals surface area contributed by atoms with Gasteiger partial charge < -0.3 is 15.8 Å². The van der Waals surface area contributed by atoms with Crippen molar-refractivity contribution in [1.29, 1.82) is 0 Å². The summed E-state index contributed by atoms with van der Waals surface area (Å²) in [5, 5.41) is 4.03. The Morgan fingerprint density at radius 1 is 1.58 bits per heavy atom. The monoisotopic (exact) mass is 280 g/mol. The Kier molecular flexibility index (Phi) is 4.96. The van der Waals surface area contributed by atoms with Crippen molar-refractivity contribution >= 4 is 29.1 Å². The summed E-state index contributed by atoms with van der Waals surface area (Å²) < 4.78 is 4.95. The van der Waals surface area contributed by atoms with Crippen molar-refractivity contribution in [3.05, 3.63) is 23.8 Å². The van der Waals surface area contributed by atoms with Crippen molar-refractivity contribution in [2.45, 2.75) is 25.0 Å². The fourth-order valence-corrected chi connectivity index (χ4v) is 3.30. The number of carbonyl (C=O) groups excluding carboxylic acids is 1. The number of anilines is 2. The van der Waals surface area contributed by atoms with Crippen molar-refractivity contribution in [2.24, 2.45) is 0 Å². The van der Waals surface area contributed by atoms with Crippen LogP contribution in [-0.4, -0.2) is 30.1 Å². The third kappa shape index (κ3) is 3.80.